The third-order valence-corrected chi connectivity index (χ3v) is 12.7. The number of nitrogen functional groups attached to an aromatic ring is 1. The van der Waals surface area contributed by atoms with Crippen molar-refractivity contribution in [1.29, 1.82) is 0 Å². The van der Waals surface area contributed by atoms with E-state index in [0.717, 1.165) is 110 Å². The molecule has 1 unspecified atom stereocenters. The zero-order valence-electron chi connectivity index (χ0n) is 32.7. The van der Waals surface area contributed by atoms with Crippen molar-refractivity contribution in [3.8, 4) is 22.8 Å². The molecule has 2 aromatic heterocycles. The van der Waals surface area contributed by atoms with Gasteiger partial charge in [0.2, 0.25) is 11.8 Å². The number of hydrogen-bond acceptors (Lipinski definition) is 12. The van der Waals surface area contributed by atoms with Gasteiger partial charge in [0.15, 0.2) is 5.65 Å². The van der Waals surface area contributed by atoms with Crippen LogP contribution in [0, 0.1) is 11.8 Å². The number of carbonyl (C=O) groups excluding carboxylic acids is 4. The van der Waals surface area contributed by atoms with Crippen molar-refractivity contribution < 1.29 is 23.9 Å². The predicted octanol–water partition coefficient (Wildman–Crippen LogP) is 4.36. The maximum Gasteiger partial charge on any atom is 0.262 e. The van der Waals surface area contributed by atoms with E-state index in [9.17, 15) is 19.2 Å². The molecule has 3 N–H and O–H groups in total. The third kappa shape index (κ3) is 7.07. The number of para-hydroxylation sites is 1. The molecule has 5 aliphatic rings. The number of carbonyl (C=O) groups is 4. The van der Waals surface area contributed by atoms with Gasteiger partial charge in [-0.3, -0.25) is 29.4 Å². The summed E-state index contributed by atoms with van der Waals surface area (Å²) in [5, 5.41) is 8.15. The average molecular weight is 795 g/mol. The molecule has 4 saturated heterocycles. The highest BCUT2D eigenvalue weighted by Gasteiger charge is 2.45. The summed E-state index contributed by atoms with van der Waals surface area (Å²) < 4.78 is 8.08. The number of amides is 4. The highest BCUT2D eigenvalue weighted by molar-refractivity contribution is 6.23. The van der Waals surface area contributed by atoms with Gasteiger partial charge in [0.05, 0.1) is 22.6 Å². The Kier molecular flexibility index (Phi) is 9.56. The van der Waals surface area contributed by atoms with Crippen LogP contribution >= 0.6 is 0 Å². The Hall–Kier alpha value is -6.19. The Balaban J connectivity index is 0.708. The van der Waals surface area contributed by atoms with Gasteiger partial charge in [-0.1, -0.05) is 18.2 Å². The molecule has 0 radical (unpaired) electrons. The maximum atomic E-state index is 13.3. The summed E-state index contributed by atoms with van der Waals surface area (Å²) >= 11 is 0. The number of nitrogens with one attached hydrogen (secondary N) is 1. The molecule has 10 rings (SSSR count). The highest BCUT2D eigenvalue weighted by atomic mass is 16.5. The molecule has 0 saturated carbocycles. The molecule has 302 valence electrons. The molecular formula is C44H46N10O5. The van der Waals surface area contributed by atoms with E-state index in [0.29, 0.717) is 28.8 Å². The molecule has 7 heterocycles. The number of rotatable bonds is 10. The van der Waals surface area contributed by atoms with Crippen LogP contribution in [0.25, 0.3) is 22.3 Å². The normalized spacial score (nSPS) is 22.0. The zero-order valence-corrected chi connectivity index (χ0v) is 32.7. The largest absolute Gasteiger partial charge is 0.457 e. The molecule has 4 fully saturated rings. The van der Waals surface area contributed by atoms with Gasteiger partial charge in [-0.15, -0.1) is 0 Å². The molecule has 0 bridgehead atoms. The van der Waals surface area contributed by atoms with Gasteiger partial charge in [-0.05, 0) is 92.7 Å². The average Bonchev–Trinajstić information content (AvgIpc) is 3.92. The minimum Gasteiger partial charge on any atom is -0.457 e. The van der Waals surface area contributed by atoms with Crippen molar-refractivity contribution in [2.75, 3.05) is 63.0 Å². The Labute approximate surface area is 341 Å². The van der Waals surface area contributed by atoms with Crippen molar-refractivity contribution in [1.82, 2.24) is 39.8 Å². The van der Waals surface area contributed by atoms with Crippen LogP contribution in [-0.4, -0.2) is 116 Å². The van der Waals surface area contributed by atoms with Crippen molar-refractivity contribution in [3.63, 3.8) is 0 Å². The molecule has 5 aromatic rings. The molecular weight excluding hydrogens is 749 g/mol. The minimum atomic E-state index is -0.960. The number of hydrogen-bond donors (Lipinski definition) is 2. The second-order valence-corrected chi connectivity index (χ2v) is 16.6. The summed E-state index contributed by atoms with van der Waals surface area (Å²) in [5.74, 6) is 1.19. The quantitative estimate of drug-likeness (QED) is 0.192. The first-order valence-corrected chi connectivity index (χ1v) is 20.6. The number of likely N-dealkylation sites (tertiary alicyclic amines) is 2. The summed E-state index contributed by atoms with van der Waals surface area (Å²) in [6.45, 7) is 8.12. The topological polar surface area (TPSA) is 172 Å². The summed E-state index contributed by atoms with van der Waals surface area (Å²) in [7, 11) is 0. The zero-order chi connectivity index (χ0) is 40.2. The van der Waals surface area contributed by atoms with Crippen LogP contribution in [0.4, 0.5) is 11.5 Å². The van der Waals surface area contributed by atoms with Gasteiger partial charge in [-0.25, -0.2) is 14.6 Å². The lowest BCUT2D eigenvalue weighted by molar-refractivity contribution is -0.136. The van der Waals surface area contributed by atoms with E-state index in [1.54, 1.807) is 12.1 Å². The van der Waals surface area contributed by atoms with Gasteiger partial charge in [0.25, 0.3) is 11.8 Å². The van der Waals surface area contributed by atoms with Gasteiger partial charge in [-0.2, -0.15) is 5.10 Å². The molecule has 5 aliphatic heterocycles. The fourth-order valence-electron chi connectivity index (χ4n) is 9.61. The Morgan fingerprint density at radius 1 is 0.746 bits per heavy atom. The molecule has 2 atom stereocenters. The fourth-order valence-corrected chi connectivity index (χ4v) is 9.61. The van der Waals surface area contributed by atoms with E-state index in [-0.39, 0.29) is 24.8 Å². The lowest BCUT2D eigenvalue weighted by atomic mass is 9.97. The van der Waals surface area contributed by atoms with Gasteiger partial charge in [0.1, 0.15) is 35.4 Å². The smallest absolute Gasteiger partial charge is 0.262 e. The van der Waals surface area contributed by atoms with Gasteiger partial charge >= 0.3 is 0 Å². The second kappa shape index (κ2) is 15.2. The number of aromatic nitrogens is 4. The minimum absolute atomic E-state index is 0.101. The SMILES string of the molecule is Nc1ncnc2c1c(-c1ccc(Oc3ccccc3)cc1)nn2C1CCN(C[C@@H]2CCN(CC3CN(c4ccc5c(c4)C(=O)N(C4CCC(=O)NC4=O)C5=O)C3)C2)CC1. The van der Waals surface area contributed by atoms with Crippen LogP contribution in [0.3, 0.4) is 0 Å². The molecule has 0 aliphatic carbocycles. The van der Waals surface area contributed by atoms with Crippen molar-refractivity contribution in [2.45, 2.75) is 44.2 Å². The molecule has 59 heavy (non-hydrogen) atoms. The second-order valence-electron chi connectivity index (χ2n) is 16.6. The van der Waals surface area contributed by atoms with E-state index >= 15 is 0 Å². The van der Waals surface area contributed by atoms with Crippen LogP contribution < -0.4 is 20.7 Å². The standard InChI is InChI=1S/C44H46N10O5/c45-40-38-39(29-6-9-33(10-7-29)59-32-4-2-1-3-5-32)49-54(41(38)47-26-46-40)30-15-18-50(19-16-30)21-27-14-17-51(22-27)23-28-24-52(25-28)31-8-11-34-35(20-31)44(58)53(43(34)57)36-12-13-37(55)48-42(36)56/h1-11,20,26-28,30,36H,12-19,21-25H2,(H2,45,46,47)(H,48,55,56)/t27-,36?/m0/s1. The maximum absolute atomic E-state index is 13.3. The lowest BCUT2D eigenvalue weighted by Crippen LogP contribution is -2.54. The number of anilines is 2. The number of benzene rings is 3. The lowest BCUT2D eigenvalue weighted by Gasteiger charge is -2.43. The first-order chi connectivity index (χ1) is 28.8. The molecule has 15 heteroatoms. The Bertz CT molecular complexity index is 2440. The van der Waals surface area contributed by atoms with Crippen LogP contribution in [-0.2, 0) is 9.59 Å². The number of ether oxygens (including phenoxy) is 1. The number of piperidine rings is 2. The fraction of sp³-hybridized carbons (Fsp3) is 0.386. The monoisotopic (exact) mass is 794 g/mol. The summed E-state index contributed by atoms with van der Waals surface area (Å²) in [6.07, 6.45) is 4.93. The first kappa shape index (κ1) is 37.1. The van der Waals surface area contributed by atoms with E-state index in [2.05, 4.69) is 34.7 Å². The molecule has 3 aromatic carbocycles. The number of nitrogens with zero attached hydrogens (tertiary/aromatic N) is 8. The van der Waals surface area contributed by atoms with Crippen molar-refractivity contribution in [2.24, 2.45) is 11.8 Å². The molecule has 0 spiro atoms. The van der Waals surface area contributed by atoms with Crippen molar-refractivity contribution >= 4 is 46.2 Å². The number of imide groups is 2. The molecule has 15 nitrogen and oxygen atoms in total. The van der Waals surface area contributed by atoms with E-state index in [1.165, 1.54) is 12.7 Å². The predicted molar refractivity (Wildman–Crippen MR) is 220 cm³/mol. The third-order valence-electron chi connectivity index (χ3n) is 12.7. The Morgan fingerprint density at radius 2 is 1.47 bits per heavy atom. The van der Waals surface area contributed by atoms with Gasteiger partial charge in [0, 0.05) is 69.4 Å². The van der Waals surface area contributed by atoms with Gasteiger partial charge < -0.3 is 25.2 Å². The molecule has 4 amide bonds. The van der Waals surface area contributed by atoms with Crippen LogP contribution in [0.1, 0.15) is 58.9 Å². The van der Waals surface area contributed by atoms with Crippen LogP contribution in [0.15, 0.2) is 79.1 Å². The van der Waals surface area contributed by atoms with Crippen molar-refractivity contribution in [3.05, 3.63) is 90.3 Å². The summed E-state index contributed by atoms with van der Waals surface area (Å²) in [5.41, 5.74) is 10.5. The highest BCUT2D eigenvalue weighted by Crippen LogP contribution is 2.37. The van der Waals surface area contributed by atoms with Crippen LogP contribution in [0.2, 0.25) is 0 Å². The summed E-state index contributed by atoms with van der Waals surface area (Å²) in [4.78, 5) is 68.0. The first-order valence-electron chi connectivity index (χ1n) is 20.6. The van der Waals surface area contributed by atoms with Crippen LogP contribution in [0.5, 0.6) is 11.5 Å². The number of nitrogens with two attached hydrogens (primary N) is 1. The van der Waals surface area contributed by atoms with E-state index < -0.39 is 23.8 Å². The summed E-state index contributed by atoms with van der Waals surface area (Å²) in [6, 6.07) is 22.3. The van der Waals surface area contributed by atoms with E-state index in [1.807, 2.05) is 60.7 Å². The Morgan fingerprint density at radius 3 is 2.25 bits per heavy atom. The number of fused-ring (bicyclic) bond motifs is 2. The van der Waals surface area contributed by atoms with E-state index in [4.69, 9.17) is 15.6 Å².